The highest BCUT2D eigenvalue weighted by atomic mass is 28.4. The molecule has 0 amide bonds. The minimum absolute atomic E-state index is 0.0277. The van der Waals surface area contributed by atoms with E-state index in [1.807, 2.05) is 27.7 Å². The van der Waals surface area contributed by atoms with Gasteiger partial charge in [-0.25, -0.2) is 0 Å². The summed E-state index contributed by atoms with van der Waals surface area (Å²) in [6.45, 7) is 20.2. The van der Waals surface area contributed by atoms with Crippen molar-refractivity contribution in [2.75, 3.05) is 0 Å². The van der Waals surface area contributed by atoms with E-state index in [2.05, 4.69) is 33.9 Å². The van der Waals surface area contributed by atoms with Crippen LogP contribution in [0.2, 0.25) is 18.1 Å². The highest BCUT2D eigenvalue weighted by Gasteiger charge is 2.60. The van der Waals surface area contributed by atoms with Crippen LogP contribution in [-0.2, 0) is 28.2 Å². The average Bonchev–Trinajstić information content (AvgIpc) is 2.59. The Bertz CT molecular complexity index is 617. The first kappa shape index (κ1) is 23.4. The average molecular weight is 415 g/mol. The van der Waals surface area contributed by atoms with Gasteiger partial charge in [0, 0.05) is 6.92 Å². The fourth-order valence-electron chi connectivity index (χ4n) is 3.78. The number of hydrogen-bond donors (Lipinski definition) is 0. The number of rotatable bonds is 4. The van der Waals surface area contributed by atoms with Gasteiger partial charge in [-0.2, -0.15) is 0 Å². The maximum atomic E-state index is 12.9. The monoisotopic (exact) mass is 414 g/mol. The Balaban J connectivity index is 2.42. The molecule has 0 aromatic rings. The van der Waals surface area contributed by atoms with Gasteiger partial charge in [0.15, 0.2) is 8.32 Å². The van der Waals surface area contributed by atoms with E-state index in [0.717, 1.165) is 0 Å². The molecule has 3 fully saturated rings. The van der Waals surface area contributed by atoms with Gasteiger partial charge < -0.3 is 18.6 Å². The van der Waals surface area contributed by atoms with Gasteiger partial charge >= 0.3 is 11.9 Å². The van der Waals surface area contributed by atoms with Crippen molar-refractivity contribution < 1.29 is 28.2 Å². The molecule has 0 N–H and O–H groups in total. The largest absolute Gasteiger partial charge is 0.425 e. The lowest BCUT2D eigenvalue weighted by Crippen LogP contribution is -2.56. The number of esters is 2. The Morgan fingerprint density at radius 2 is 1.75 bits per heavy atom. The summed E-state index contributed by atoms with van der Waals surface area (Å²) in [5.41, 5.74) is -1.06. The molecular weight excluding hydrogens is 376 g/mol. The molecule has 0 aromatic carbocycles. The van der Waals surface area contributed by atoms with Crippen LogP contribution in [0.25, 0.3) is 0 Å². The van der Waals surface area contributed by atoms with Crippen LogP contribution in [0, 0.1) is 11.3 Å². The summed E-state index contributed by atoms with van der Waals surface area (Å²) in [5.74, 6) is -1.26. The van der Waals surface area contributed by atoms with Crippen LogP contribution in [0.5, 0.6) is 0 Å². The van der Waals surface area contributed by atoms with Crippen molar-refractivity contribution in [3.05, 3.63) is 0 Å². The molecule has 1 aliphatic carbocycles. The van der Waals surface area contributed by atoms with E-state index in [9.17, 15) is 9.59 Å². The number of carbonyl (C=O) groups excluding carboxylic acids is 2. The maximum Gasteiger partial charge on any atom is 0.314 e. The first-order valence-corrected chi connectivity index (χ1v) is 13.1. The zero-order valence-electron chi connectivity index (χ0n) is 19.2. The predicted octanol–water partition coefficient (Wildman–Crippen LogP) is 4.42. The van der Waals surface area contributed by atoms with E-state index < -0.39 is 37.5 Å². The Kier molecular flexibility index (Phi) is 6.17. The summed E-state index contributed by atoms with van der Waals surface area (Å²) in [7, 11) is -2.09. The third-order valence-electron chi connectivity index (χ3n) is 6.38. The van der Waals surface area contributed by atoms with Gasteiger partial charge in [0.05, 0.1) is 29.1 Å². The molecule has 5 atom stereocenters. The molecule has 0 aromatic heterocycles. The maximum absolute atomic E-state index is 12.9. The van der Waals surface area contributed by atoms with Gasteiger partial charge in [0.25, 0.3) is 6.29 Å². The summed E-state index contributed by atoms with van der Waals surface area (Å²) >= 11 is 0. The van der Waals surface area contributed by atoms with E-state index in [4.69, 9.17) is 18.6 Å². The van der Waals surface area contributed by atoms with E-state index in [-0.39, 0.29) is 23.2 Å². The number of hydrogen-bond acceptors (Lipinski definition) is 6. The predicted molar refractivity (Wildman–Crippen MR) is 109 cm³/mol. The Labute approximate surface area is 170 Å². The van der Waals surface area contributed by atoms with Crippen molar-refractivity contribution in [1.82, 2.24) is 0 Å². The minimum atomic E-state index is -2.09. The normalized spacial score (nSPS) is 34.0. The molecule has 0 spiro atoms. The van der Waals surface area contributed by atoms with Crippen molar-refractivity contribution in [2.24, 2.45) is 11.3 Å². The van der Waals surface area contributed by atoms with Gasteiger partial charge in [-0.3, -0.25) is 9.59 Å². The third-order valence-corrected chi connectivity index (χ3v) is 10.9. The zero-order valence-corrected chi connectivity index (χ0v) is 20.2. The van der Waals surface area contributed by atoms with Crippen molar-refractivity contribution in [2.45, 2.75) is 110 Å². The van der Waals surface area contributed by atoms with E-state index in [1.165, 1.54) is 6.92 Å². The summed E-state index contributed by atoms with van der Waals surface area (Å²) in [6, 6.07) is 0. The first-order chi connectivity index (χ1) is 12.5. The summed E-state index contributed by atoms with van der Waals surface area (Å²) in [4.78, 5) is 24.6. The fraction of sp³-hybridized carbons (Fsp3) is 0.905. The lowest BCUT2D eigenvalue weighted by atomic mass is 9.68. The van der Waals surface area contributed by atoms with Crippen molar-refractivity contribution in [3.63, 3.8) is 0 Å². The van der Waals surface area contributed by atoms with E-state index >= 15 is 0 Å². The van der Waals surface area contributed by atoms with Crippen LogP contribution in [0.15, 0.2) is 0 Å². The summed E-state index contributed by atoms with van der Waals surface area (Å²) in [5, 5.41) is 0.0277. The van der Waals surface area contributed by atoms with Gasteiger partial charge in [0.2, 0.25) is 0 Å². The van der Waals surface area contributed by atoms with Crippen molar-refractivity contribution in [3.8, 4) is 0 Å². The van der Waals surface area contributed by atoms with E-state index in [0.29, 0.717) is 12.8 Å². The number of ether oxygens (including phenoxy) is 3. The standard InChI is InChI=1S/C21H38O6Si/c1-13(22)24-18-21(8)12-15(27-28(9,10)20(5,6)7)14(17(23)25-18)11-16(21)26-19(2,3)4/h14-16,18H,11-12H2,1-10H3. The highest BCUT2D eigenvalue weighted by Crippen LogP contribution is 2.52. The van der Waals surface area contributed by atoms with Gasteiger partial charge in [-0.15, -0.1) is 0 Å². The molecule has 28 heavy (non-hydrogen) atoms. The number of fused-ring (bicyclic) bond motifs is 4. The number of carbonyl (C=O) groups is 2. The van der Waals surface area contributed by atoms with Crippen molar-refractivity contribution >= 4 is 20.3 Å². The van der Waals surface area contributed by atoms with Crippen LogP contribution in [-0.4, -0.2) is 44.4 Å². The molecule has 0 radical (unpaired) electrons. The van der Waals surface area contributed by atoms with Crippen LogP contribution in [0.4, 0.5) is 0 Å². The van der Waals surface area contributed by atoms with Crippen LogP contribution in [0.1, 0.15) is 68.2 Å². The molecule has 2 bridgehead atoms. The Hall–Kier alpha value is -0.923. The summed E-state index contributed by atoms with van der Waals surface area (Å²) in [6.07, 6.45) is -0.452. The van der Waals surface area contributed by atoms with Crippen molar-refractivity contribution in [1.29, 1.82) is 0 Å². The highest BCUT2D eigenvalue weighted by molar-refractivity contribution is 6.74. The minimum Gasteiger partial charge on any atom is -0.425 e. The fourth-order valence-corrected chi connectivity index (χ4v) is 5.14. The Morgan fingerprint density at radius 1 is 1.18 bits per heavy atom. The van der Waals surface area contributed by atoms with Gasteiger partial charge in [0.1, 0.15) is 0 Å². The third kappa shape index (κ3) is 4.79. The van der Waals surface area contributed by atoms with Gasteiger partial charge in [-0.1, -0.05) is 20.8 Å². The van der Waals surface area contributed by atoms with Crippen LogP contribution in [0.3, 0.4) is 0 Å². The molecule has 7 heteroatoms. The lowest BCUT2D eigenvalue weighted by molar-refractivity contribution is -0.233. The molecule has 1 saturated carbocycles. The first-order valence-electron chi connectivity index (χ1n) is 10.2. The molecule has 162 valence electrons. The molecule has 2 heterocycles. The lowest BCUT2D eigenvalue weighted by Gasteiger charge is -2.49. The molecule has 6 nitrogen and oxygen atoms in total. The second-order valence-corrected chi connectivity index (χ2v) is 15.8. The molecule has 2 aliphatic heterocycles. The molecule has 3 aliphatic rings. The molecular formula is C21H38O6Si. The quantitative estimate of drug-likeness (QED) is 0.501. The Morgan fingerprint density at radius 3 is 2.21 bits per heavy atom. The second kappa shape index (κ2) is 7.40. The second-order valence-electron chi connectivity index (χ2n) is 11.1. The van der Waals surface area contributed by atoms with Crippen LogP contribution >= 0.6 is 0 Å². The molecule has 5 unspecified atom stereocenters. The summed E-state index contributed by atoms with van der Waals surface area (Å²) < 4.78 is 24.1. The molecule has 2 saturated heterocycles. The zero-order chi connectivity index (χ0) is 21.7. The smallest absolute Gasteiger partial charge is 0.314 e. The molecule has 3 rings (SSSR count). The van der Waals surface area contributed by atoms with Gasteiger partial charge in [-0.05, 0) is 58.7 Å². The SMILES string of the molecule is CC(=O)OC1OC(=O)C2CC(OC(C)(C)C)C1(C)CC2O[Si](C)(C)C(C)(C)C. The van der Waals surface area contributed by atoms with Crippen LogP contribution < -0.4 is 0 Å². The van der Waals surface area contributed by atoms with E-state index in [1.54, 1.807) is 0 Å². The topological polar surface area (TPSA) is 71.1 Å².